The lowest BCUT2D eigenvalue weighted by Crippen LogP contribution is -2.13. The number of carbonyl (C=O) groups is 1. The van der Waals surface area contributed by atoms with Crippen molar-refractivity contribution < 1.29 is 4.79 Å². The van der Waals surface area contributed by atoms with Crippen molar-refractivity contribution in [3.8, 4) is 6.07 Å². The van der Waals surface area contributed by atoms with E-state index in [1.165, 1.54) is 0 Å². The summed E-state index contributed by atoms with van der Waals surface area (Å²) in [5, 5.41) is 12.9. The average Bonchev–Trinajstić information content (AvgIpc) is 2.96. The third kappa shape index (κ3) is 2.72. The summed E-state index contributed by atoms with van der Waals surface area (Å²) in [5.74, 6) is -0.433. The Morgan fingerprint density at radius 3 is 2.86 bits per heavy atom. The zero-order valence-corrected chi connectivity index (χ0v) is 11.6. The standard InChI is InChI=1S/C17H12N4O/c18-9-12(17(22)21-14-4-2-1-3-5-14)8-13-10-20-16-11-19-7-6-15(13)16/h1-8,10-11,20H,(H,21,22). The van der Waals surface area contributed by atoms with E-state index in [0.29, 0.717) is 5.69 Å². The van der Waals surface area contributed by atoms with Crippen LogP contribution in [0.4, 0.5) is 5.69 Å². The van der Waals surface area contributed by atoms with E-state index >= 15 is 0 Å². The number of pyridine rings is 1. The summed E-state index contributed by atoms with van der Waals surface area (Å²) in [6.07, 6.45) is 6.68. The van der Waals surface area contributed by atoms with E-state index in [0.717, 1.165) is 16.5 Å². The third-order valence-electron chi connectivity index (χ3n) is 3.21. The van der Waals surface area contributed by atoms with Gasteiger partial charge in [-0.2, -0.15) is 5.26 Å². The fraction of sp³-hybridized carbons (Fsp3) is 0. The molecule has 1 amide bonds. The molecule has 1 aromatic carbocycles. The number of H-pyrrole nitrogens is 1. The van der Waals surface area contributed by atoms with Gasteiger partial charge < -0.3 is 10.3 Å². The molecule has 5 nitrogen and oxygen atoms in total. The zero-order chi connectivity index (χ0) is 15.4. The number of nitriles is 1. The number of nitrogens with one attached hydrogen (secondary N) is 2. The Labute approximate surface area is 126 Å². The molecule has 0 spiro atoms. The van der Waals surface area contributed by atoms with Crippen LogP contribution in [0, 0.1) is 11.3 Å². The molecule has 0 unspecified atom stereocenters. The quantitative estimate of drug-likeness (QED) is 0.574. The lowest BCUT2D eigenvalue weighted by Gasteiger charge is -2.03. The van der Waals surface area contributed by atoms with Crippen LogP contribution in [-0.2, 0) is 4.79 Å². The second-order valence-corrected chi connectivity index (χ2v) is 4.66. The number of anilines is 1. The van der Waals surface area contributed by atoms with Crippen molar-refractivity contribution in [2.45, 2.75) is 0 Å². The molecule has 0 radical (unpaired) electrons. The van der Waals surface area contributed by atoms with Gasteiger partial charge in [-0.1, -0.05) is 18.2 Å². The van der Waals surface area contributed by atoms with E-state index in [4.69, 9.17) is 0 Å². The zero-order valence-electron chi connectivity index (χ0n) is 11.6. The Hall–Kier alpha value is -3.39. The Bertz CT molecular complexity index is 888. The van der Waals surface area contributed by atoms with Gasteiger partial charge in [0.25, 0.3) is 5.91 Å². The van der Waals surface area contributed by atoms with Crippen LogP contribution in [0.3, 0.4) is 0 Å². The Morgan fingerprint density at radius 2 is 2.09 bits per heavy atom. The number of amides is 1. The molecule has 0 fully saturated rings. The minimum Gasteiger partial charge on any atom is -0.359 e. The lowest BCUT2D eigenvalue weighted by atomic mass is 10.1. The number of carbonyl (C=O) groups excluding carboxylic acids is 1. The van der Waals surface area contributed by atoms with Gasteiger partial charge in [0.15, 0.2) is 0 Å². The molecule has 22 heavy (non-hydrogen) atoms. The van der Waals surface area contributed by atoms with Gasteiger partial charge in [0.2, 0.25) is 0 Å². The van der Waals surface area contributed by atoms with Gasteiger partial charge >= 0.3 is 0 Å². The van der Waals surface area contributed by atoms with E-state index in [1.54, 1.807) is 36.8 Å². The van der Waals surface area contributed by atoms with Crippen molar-refractivity contribution in [3.05, 3.63) is 66.1 Å². The number of para-hydroxylation sites is 1. The second kappa shape index (κ2) is 5.94. The summed E-state index contributed by atoms with van der Waals surface area (Å²) in [4.78, 5) is 19.3. The smallest absolute Gasteiger partial charge is 0.266 e. The molecule has 3 aromatic rings. The molecule has 5 heteroatoms. The van der Waals surface area contributed by atoms with Crippen LogP contribution in [0.2, 0.25) is 0 Å². The van der Waals surface area contributed by atoms with Crippen LogP contribution in [0.15, 0.2) is 60.6 Å². The fourth-order valence-corrected chi connectivity index (χ4v) is 2.14. The fourth-order valence-electron chi connectivity index (χ4n) is 2.14. The largest absolute Gasteiger partial charge is 0.359 e. The van der Waals surface area contributed by atoms with Crippen LogP contribution >= 0.6 is 0 Å². The van der Waals surface area contributed by atoms with Gasteiger partial charge in [-0.05, 0) is 24.3 Å². The molecule has 2 aromatic heterocycles. The van der Waals surface area contributed by atoms with Crippen LogP contribution in [-0.4, -0.2) is 15.9 Å². The Balaban J connectivity index is 1.90. The number of hydrogen-bond acceptors (Lipinski definition) is 3. The van der Waals surface area contributed by atoms with Crippen molar-refractivity contribution in [1.82, 2.24) is 9.97 Å². The summed E-state index contributed by atoms with van der Waals surface area (Å²) in [7, 11) is 0. The molecule has 0 aliphatic heterocycles. The van der Waals surface area contributed by atoms with E-state index < -0.39 is 5.91 Å². The predicted molar refractivity (Wildman–Crippen MR) is 84.8 cm³/mol. The highest BCUT2D eigenvalue weighted by Gasteiger charge is 2.11. The molecule has 0 aliphatic carbocycles. The first kappa shape index (κ1) is 13.6. The van der Waals surface area contributed by atoms with Crippen molar-refractivity contribution >= 4 is 28.6 Å². The third-order valence-corrected chi connectivity index (χ3v) is 3.21. The maximum atomic E-state index is 12.2. The molecule has 0 saturated carbocycles. The normalized spacial score (nSPS) is 11.1. The monoisotopic (exact) mass is 288 g/mol. The molecule has 0 aliphatic rings. The first-order chi connectivity index (χ1) is 10.8. The van der Waals surface area contributed by atoms with Crippen molar-refractivity contribution in [3.63, 3.8) is 0 Å². The average molecular weight is 288 g/mol. The summed E-state index contributed by atoms with van der Waals surface area (Å²) in [6, 6.07) is 12.8. The predicted octanol–water partition coefficient (Wildman–Crippen LogP) is 3.11. The maximum Gasteiger partial charge on any atom is 0.266 e. The van der Waals surface area contributed by atoms with Crippen LogP contribution < -0.4 is 5.32 Å². The van der Waals surface area contributed by atoms with Crippen LogP contribution in [0.25, 0.3) is 17.0 Å². The van der Waals surface area contributed by atoms with Gasteiger partial charge in [0, 0.05) is 29.0 Å². The van der Waals surface area contributed by atoms with Gasteiger partial charge in [0.1, 0.15) is 11.6 Å². The van der Waals surface area contributed by atoms with Crippen molar-refractivity contribution in [2.75, 3.05) is 5.32 Å². The SMILES string of the molecule is N#CC(=Cc1c[nH]c2cnccc12)C(=O)Nc1ccccc1. The molecular weight excluding hydrogens is 276 g/mol. The first-order valence-corrected chi connectivity index (χ1v) is 6.67. The molecular formula is C17H12N4O. The minimum absolute atomic E-state index is 0.0431. The number of hydrogen-bond donors (Lipinski definition) is 2. The molecule has 0 saturated heterocycles. The van der Waals surface area contributed by atoms with E-state index in [-0.39, 0.29) is 5.57 Å². The number of fused-ring (bicyclic) bond motifs is 1. The van der Waals surface area contributed by atoms with Crippen LogP contribution in [0.5, 0.6) is 0 Å². The topological polar surface area (TPSA) is 81.6 Å². The van der Waals surface area contributed by atoms with Crippen LogP contribution in [0.1, 0.15) is 5.56 Å². The summed E-state index contributed by atoms with van der Waals surface area (Å²) in [6.45, 7) is 0. The number of nitrogens with zero attached hydrogens (tertiary/aromatic N) is 2. The first-order valence-electron chi connectivity index (χ1n) is 6.67. The van der Waals surface area contributed by atoms with Gasteiger partial charge in [-0.25, -0.2) is 0 Å². The number of rotatable bonds is 3. The van der Waals surface area contributed by atoms with E-state index in [2.05, 4.69) is 15.3 Å². The number of benzene rings is 1. The van der Waals surface area contributed by atoms with Gasteiger partial charge in [0.05, 0.1) is 11.7 Å². The van der Waals surface area contributed by atoms with E-state index in [1.807, 2.05) is 30.3 Å². The summed E-state index contributed by atoms with van der Waals surface area (Å²) < 4.78 is 0. The van der Waals surface area contributed by atoms with Gasteiger partial charge in [-0.3, -0.25) is 9.78 Å². The minimum atomic E-state index is -0.433. The molecule has 106 valence electrons. The van der Waals surface area contributed by atoms with Crippen molar-refractivity contribution in [1.29, 1.82) is 5.26 Å². The highest BCUT2D eigenvalue weighted by atomic mass is 16.1. The molecule has 2 heterocycles. The van der Waals surface area contributed by atoms with E-state index in [9.17, 15) is 10.1 Å². The molecule has 3 rings (SSSR count). The second-order valence-electron chi connectivity index (χ2n) is 4.66. The summed E-state index contributed by atoms with van der Waals surface area (Å²) >= 11 is 0. The highest BCUT2D eigenvalue weighted by Crippen LogP contribution is 2.20. The summed E-state index contributed by atoms with van der Waals surface area (Å²) in [5.41, 5.74) is 2.32. The molecule has 2 N–H and O–H groups in total. The maximum absolute atomic E-state index is 12.2. The molecule has 0 bridgehead atoms. The highest BCUT2D eigenvalue weighted by molar-refractivity contribution is 6.10. The number of aromatic amines is 1. The van der Waals surface area contributed by atoms with Crippen molar-refractivity contribution in [2.24, 2.45) is 0 Å². The number of aromatic nitrogens is 2. The molecule has 0 atom stereocenters. The lowest BCUT2D eigenvalue weighted by molar-refractivity contribution is -0.112. The Kier molecular flexibility index (Phi) is 3.67. The van der Waals surface area contributed by atoms with Gasteiger partial charge in [-0.15, -0.1) is 0 Å². The Morgan fingerprint density at radius 1 is 1.27 bits per heavy atom.